The molecule has 0 amide bonds. The molecule has 1 aliphatic carbocycles. The maximum Gasteiger partial charge on any atom is 0.309 e. The van der Waals surface area contributed by atoms with Crippen molar-refractivity contribution < 1.29 is 23.8 Å². The molecule has 1 aromatic carbocycles. The van der Waals surface area contributed by atoms with Crippen molar-refractivity contribution in [3.05, 3.63) is 23.3 Å². The summed E-state index contributed by atoms with van der Waals surface area (Å²) in [5.41, 5.74) is 1.24. The van der Waals surface area contributed by atoms with Gasteiger partial charge in [-0.05, 0) is 25.5 Å². The monoisotopic (exact) mass is 278 g/mol. The maximum atomic E-state index is 12.3. The fourth-order valence-corrected chi connectivity index (χ4v) is 2.55. The summed E-state index contributed by atoms with van der Waals surface area (Å²) in [4.78, 5) is 24.2. The van der Waals surface area contributed by atoms with Crippen molar-refractivity contribution in [3.63, 3.8) is 0 Å². The molecule has 5 nitrogen and oxygen atoms in total. The molecule has 2 rings (SSSR count). The van der Waals surface area contributed by atoms with Gasteiger partial charge in [0.1, 0.15) is 11.5 Å². The molecule has 1 atom stereocenters. The van der Waals surface area contributed by atoms with Gasteiger partial charge >= 0.3 is 5.97 Å². The predicted octanol–water partition coefficient (Wildman–Crippen LogP) is 2.01. The average molecular weight is 278 g/mol. The minimum Gasteiger partial charge on any atom is -0.496 e. The van der Waals surface area contributed by atoms with Crippen LogP contribution >= 0.6 is 0 Å². The number of methoxy groups -OCH3 is 2. The van der Waals surface area contributed by atoms with Crippen LogP contribution in [0.5, 0.6) is 11.5 Å². The Bertz CT molecular complexity index is 535. The van der Waals surface area contributed by atoms with E-state index in [-0.39, 0.29) is 18.2 Å². The van der Waals surface area contributed by atoms with Crippen LogP contribution in [0.25, 0.3) is 0 Å². The van der Waals surface area contributed by atoms with Crippen LogP contribution in [0, 0.1) is 5.92 Å². The number of ether oxygens (including phenoxy) is 3. The van der Waals surface area contributed by atoms with E-state index in [2.05, 4.69) is 0 Å². The summed E-state index contributed by atoms with van der Waals surface area (Å²) in [6.07, 6.45) is 0.579. The van der Waals surface area contributed by atoms with Gasteiger partial charge in [0.05, 0.1) is 32.3 Å². The first-order chi connectivity index (χ1) is 9.62. The lowest BCUT2D eigenvalue weighted by Gasteiger charge is -2.25. The molecule has 0 aromatic heterocycles. The van der Waals surface area contributed by atoms with Crippen LogP contribution in [0.3, 0.4) is 0 Å². The lowest BCUT2D eigenvalue weighted by Crippen LogP contribution is -2.28. The first-order valence-corrected chi connectivity index (χ1v) is 6.56. The molecule has 1 aliphatic rings. The van der Waals surface area contributed by atoms with Gasteiger partial charge in [-0.1, -0.05) is 0 Å². The molecule has 5 heteroatoms. The number of ketones is 1. The fraction of sp³-hybridized carbons (Fsp3) is 0.467. The van der Waals surface area contributed by atoms with Gasteiger partial charge < -0.3 is 14.2 Å². The Morgan fingerprint density at radius 3 is 2.45 bits per heavy atom. The van der Waals surface area contributed by atoms with Gasteiger partial charge in [-0.3, -0.25) is 9.59 Å². The topological polar surface area (TPSA) is 61.8 Å². The molecule has 0 radical (unpaired) electrons. The van der Waals surface area contributed by atoms with Gasteiger partial charge in [0, 0.05) is 12.0 Å². The molecule has 0 fully saturated rings. The zero-order chi connectivity index (χ0) is 14.7. The molecule has 1 unspecified atom stereocenters. The van der Waals surface area contributed by atoms with E-state index in [0.717, 1.165) is 5.56 Å². The number of esters is 1. The van der Waals surface area contributed by atoms with Gasteiger partial charge in [-0.15, -0.1) is 0 Å². The normalized spacial score (nSPS) is 17.4. The van der Waals surface area contributed by atoms with Gasteiger partial charge in [0.2, 0.25) is 0 Å². The molecule has 1 aromatic rings. The summed E-state index contributed by atoms with van der Waals surface area (Å²) >= 11 is 0. The Hall–Kier alpha value is -2.04. The number of carbonyl (C=O) groups excluding carboxylic acids is 2. The number of fused-ring (bicyclic) bond motifs is 1. The average Bonchev–Trinajstić information content (AvgIpc) is 2.46. The summed E-state index contributed by atoms with van der Waals surface area (Å²) in [7, 11) is 3.06. The minimum absolute atomic E-state index is 0.111. The number of benzene rings is 1. The molecule has 0 saturated carbocycles. The van der Waals surface area contributed by atoms with Gasteiger partial charge in [-0.2, -0.15) is 0 Å². The SMILES string of the molecule is CCOC(=O)C1CC(=O)c2c(OC)ccc(OC)c2C1. The Morgan fingerprint density at radius 2 is 1.85 bits per heavy atom. The Balaban J connectivity index is 2.42. The number of Topliss-reactive ketones (excluding diaryl/α,β-unsaturated/α-hetero) is 1. The zero-order valence-corrected chi connectivity index (χ0v) is 11.9. The molecule has 0 saturated heterocycles. The van der Waals surface area contributed by atoms with E-state index in [9.17, 15) is 9.59 Å². The number of rotatable bonds is 4. The van der Waals surface area contributed by atoms with Gasteiger partial charge in [0.15, 0.2) is 5.78 Å². The van der Waals surface area contributed by atoms with Crippen molar-refractivity contribution in [2.75, 3.05) is 20.8 Å². The first kappa shape index (κ1) is 14.4. The third-order valence-electron chi connectivity index (χ3n) is 3.45. The smallest absolute Gasteiger partial charge is 0.309 e. The van der Waals surface area contributed by atoms with Crippen molar-refractivity contribution in [3.8, 4) is 11.5 Å². The van der Waals surface area contributed by atoms with E-state index in [0.29, 0.717) is 30.1 Å². The maximum absolute atomic E-state index is 12.3. The molecule has 0 aliphatic heterocycles. The third-order valence-corrected chi connectivity index (χ3v) is 3.45. The van der Waals surface area contributed by atoms with Crippen molar-refractivity contribution >= 4 is 11.8 Å². The van der Waals surface area contributed by atoms with Crippen LogP contribution in [0.15, 0.2) is 12.1 Å². The van der Waals surface area contributed by atoms with Gasteiger partial charge in [0.25, 0.3) is 0 Å². The summed E-state index contributed by atoms with van der Waals surface area (Å²) in [5, 5.41) is 0. The Morgan fingerprint density at radius 1 is 1.20 bits per heavy atom. The van der Waals surface area contributed by atoms with E-state index >= 15 is 0 Å². The van der Waals surface area contributed by atoms with Crippen LogP contribution in [0.1, 0.15) is 29.3 Å². The van der Waals surface area contributed by atoms with E-state index < -0.39 is 5.92 Å². The van der Waals surface area contributed by atoms with Crippen LogP contribution in [-0.4, -0.2) is 32.6 Å². The van der Waals surface area contributed by atoms with Crippen LogP contribution in [0.2, 0.25) is 0 Å². The third kappa shape index (κ3) is 2.48. The first-order valence-electron chi connectivity index (χ1n) is 6.56. The van der Waals surface area contributed by atoms with Gasteiger partial charge in [-0.25, -0.2) is 0 Å². The summed E-state index contributed by atoms with van der Waals surface area (Å²) in [5.74, 6) is 0.226. The predicted molar refractivity (Wildman–Crippen MR) is 72.3 cm³/mol. The summed E-state index contributed by atoms with van der Waals surface area (Å²) in [6, 6.07) is 3.46. The second kappa shape index (κ2) is 5.94. The quantitative estimate of drug-likeness (QED) is 0.788. The lowest BCUT2D eigenvalue weighted by molar-refractivity contribution is -0.148. The summed E-state index contributed by atoms with van der Waals surface area (Å²) < 4.78 is 15.5. The van der Waals surface area contributed by atoms with E-state index in [1.165, 1.54) is 7.11 Å². The molecule has 0 N–H and O–H groups in total. The van der Waals surface area contributed by atoms with Crippen LogP contribution in [-0.2, 0) is 16.0 Å². The molecule has 0 spiro atoms. The van der Waals surface area contributed by atoms with Crippen molar-refractivity contribution in [1.82, 2.24) is 0 Å². The highest BCUT2D eigenvalue weighted by molar-refractivity contribution is 6.04. The minimum atomic E-state index is -0.448. The second-order valence-corrected chi connectivity index (χ2v) is 4.60. The molecule has 0 heterocycles. The molecule has 0 bridgehead atoms. The van der Waals surface area contributed by atoms with Crippen molar-refractivity contribution in [2.24, 2.45) is 5.92 Å². The van der Waals surface area contributed by atoms with E-state index in [1.807, 2.05) is 0 Å². The Labute approximate surface area is 117 Å². The highest BCUT2D eigenvalue weighted by atomic mass is 16.5. The highest BCUT2D eigenvalue weighted by Gasteiger charge is 2.34. The molecule has 108 valence electrons. The van der Waals surface area contributed by atoms with Crippen LogP contribution < -0.4 is 9.47 Å². The lowest BCUT2D eigenvalue weighted by atomic mass is 9.82. The largest absolute Gasteiger partial charge is 0.496 e. The van der Waals surface area contributed by atoms with E-state index in [1.54, 1.807) is 26.2 Å². The number of hydrogen-bond donors (Lipinski definition) is 0. The van der Waals surface area contributed by atoms with Crippen molar-refractivity contribution in [1.29, 1.82) is 0 Å². The molecular formula is C15H18O5. The van der Waals surface area contributed by atoms with Crippen LogP contribution in [0.4, 0.5) is 0 Å². The number of hydrogen-bond acceptors (Lipinski definition) is 5. The van der Waals surface area contributed by atoms with E-state index in [4.69, 9.17) is 14.2 Å². The fourth-order valence-electron chi connectivity index (χ4n) is 2.55. The Kier molecular flexibility index (Phi) is 4.27. The summed E-state index contributed by atoms with van der Waals surface area (Å²) in [6.45, 7) is 2.06. The highest BCUT2D eigenvalue weighted by Crippen LogP contribution is 2.38. The number of carbonyl (C=O) groups is 2. The van der Waals surface area contributed by atoms with Crippen molar-refractivity contribution in [2.45, 2.75) is 19.8 Å². The molecular weight excluding hydrogens is 260 g/mol. The second-order valence-electron chi connectivity index (χ2n) is 4.60. The zero-order valence-electron chi connectivity index (χ0n) is 11.9. The standard InChI is InChI=1S/C15H18O5/c1-4-20-15(17)9-7-10-12(18-2)5-6-13(19-3)14(10)11(16)8-9/h5-6,9H,4,7-8H2,1-3H3. The molecule has 20 heavy (non-hydrogen) atoms.